The number of amides is 1. The van der Waals surface area contributed by atoms with Gasteiger partial charge in [-0.05, 0) is 29.7 Å². The average Bonchev–Trinajstić information content (AvgIpc) is 2.93. The number of aromatic nitrogens is 2. The number of nitrogens with one attached hydrogen (secondary N) is 1. The maximum atomic E-state index is 11.8. The van der Waals surface area contributed by atoms with E-state index in [1.54, 1.807) is 24.3 Å². The first-order chi connectivity index (χ1) is 9.71. The fraction of sp³-hybridized carbons (Fsp3) is 0.231. The third kappa shape index (κ3) is 4.05. The highest BCUT2D eigenvalue weighted by atomic mass is 32.2. The monoisotopic (exact) mass is 304 g/mol. The summed E-state index contributed by atoms with van der Waals surface area (Å²) in [5.74, 6) is 0.952. The molecule has 5 nitrogen and oxygen atoms in total. The zero-order chi connectivity index (χ0) is 14.4. The molecular weight excluding hydrogens is 292 g/mol. The molecule has 1 aromatic heterocycles. The van der Waals surface area contributed by atoms with Crippen molar-refractivity contribution < 1.29 is 4.79 Å². The summed E-state index contributed by atoms with van der Waals surface area (Å²) in [5.41, 5.74) is 1.15. The lowest BCUT2D eigenvalue weighted by atomic mass is 10.2. The molecule has 0 atom stereocenters. The number of hydrogen-bond acceptors (Lipinski definition) is 6. The maximum absolute atomic E-state index is 11.8. The van der Waals surface area contributed by atoms with E-state index in [2.05, 4.69) is 14.7 Å². The summed E-state index contributed by atoms with van der Waals surface area (Å²) in [6, 6.07) is 8.86. The molecule has 0 bridgehead atoms. The summed E-state index contributed by atoms with van der Waals surface area (Å²) in [5, 5.41) is 11.5. The number of anilines is 1. The van der Waals surface area contributed by atoms with E-state index in [-0.39, 0.29) is 11.7 Å². The molecule has 7 heteroatoms. The predicted octanol–water partition coefficient (Wildman–Crippen LogP) is 2.70. The van der Waals surface area contributed by atoms with E-state index in [1.165, 1.54) is 23.3 Å². The zero-order valence-electron chi connectivity index (χ0n) is 10.8. The van der Waals surface area contributed by atoms with Crippen LogP contribution in [0.25, 0.3) is 0 Å². The Labute approximate surface area is 125 Å². The molecule has 0 fully saturated rings. The van der Waals surface area contributed by atoms with Gasteiger partial charge in [0.25, 0.3) is 0 Å². The molecule has 102 valence electrons. The summed E-state index contributed by atoms with van der Waals surface area (Å²) >= 11 is 2.67. The molecule has 20 heavy (non-hydrogen) atoms. The minimum atomic E-state index is -0.127. The Hall–Kier alpha value is -1.91. The van der Waals surface area contributed by atoms with Crippen molar-refractivity contribution in [3.05, 3.63) is 35.7 Å². The lowest BCUT2D eigenvalue weighted by molar-refractivity contribution is -0.113. The molecule has 1 amide bonds. The van der Waals surface area contributed by atoms with E-state index in [0.717, 1.165) is 16.6 Å². The first-order valence-corrected chi connectivity index (χ1v) is 7.72. The molecule has 1 heterocycles. The minimum Gasteiger partial charge on any atom is -0.325 e. The van der Waals surface area contributed by atoms with Crippen LogP contribution in [0.2, 0.25) is 0 Å². The number of thioether (sulfide) groups is 1. The van der Waals surface area contributed by atoms with Crippen LogP contribution in [-0.4, -0.2) is 21.0 Å². The highest BCUT2D eigenvalue weighted by molar-refractivity contribution is 8.01. The lowest BCUT2D eigenvalue weighted by Crippen LogP contribution is -2.13. The molecule has 2 aromatic rings. The van der Waals surface area contributed by atoms with E-state index in [9.17, 15) is 4.79 Å². The second-order valence-corrected chi connectivity index (χ2v) is 5.83. The largest absolute Gasteiger partial charge is 0.325 e. The van der Waals surface area contributed by atoms with Gasteiger partial charge >= 0.3 is 0 Å². The highest BCUT2D eigenvalue weighted by Gasteiger charge is 2.07. The summed E-state index contributed by atoms with van der Waals surface area (Å²) in [7, 11) is 0. The fourth-order valence-corrected chi connectivity index (χ4v) is 2.93. The Bertz CT molecular complexity index is 648. The maximum Gasteiger partial charge on any atom is 0.234 e. The van der Waals surface area contributed by atoms with Crippen molar-refractivity contribution in [3.8, 4) is 6.07 Å². The van der Waals surface area contributed by atoms with E-state index >= 15 is 0 Å². The predicted molar refractivity (Wildman–Crippen MR) is 79.8 cm³/mol. The van der Waals surface area contributed by atoms with Crippen LogP contribution in [0.4, 0.5) is 5.69 Å². The molecule has 0 radical (unpaired) electrons. The number of hydrogen-bond donors (Lipinski definition) is 1. The van der Waals surface area contributed by atoms with Gasteiger partial charge in [-0.2, -0.15) is 9.64 Å². The number of aryl methyl sites for hydroxylation is 1. The van der Waals surface area contributed by atoms with Crippen molar-refractivity contribution in [2.24, 2.45) is 0 Å². The van der Waals surface area contributed by atoms with Crippen LogP contribution in [0.1, 0.15) is 18.3 Å². The van der Waals surface area contributed by atoms with Gasteiger partial charge in [-0.1, -0.05) is 24.8 Å². The summed E-state index contributed by atoms with van der Waals surface area (Å²) in [4.78, 5) is 16.1. The van der Waals surface area contributed by atoms with Gasteiger partial charge in [0.1, 0.15) is 5.82 Å². The van der Waals surface area contributed by atoms with Gasteiger partial charge < -0.3 is 5.32 Å². The van der Waals surface area contributed by atoms with Crippen molar-refractivity contribution in [1.82, 2.24) is 9.36 Å². The van der Waals surface area contributed by atoms with Gasteiger partial charge in [0.05, 0.1) is 17.4 Å². The molecule has 0 unspecified atom stereocenters. The summed E-state index contributed by atoms with van der Waals surface area (Å²) in [6.45, 7) is 1.99. The van der Waals surface area contributed by atoms with E-state index < -0.39 is 0 Å². The molecule has 1 N–H and O–H groups in total. The molecule has 0 saturated carbocycles. The number of carbonyl (C=O) groups is 1. The van der Waals surface area contributed by atoms with Crippen LogP contribution in [0, 0.1) is 11.3 Å². The second kappa shape index (κ2) is 7.03. The number of nitrogens with zero attached hydrogens (tertiary/aromatic N) is 3. The van der Waals surface area contributed by atoms with Crippen LogP contribution in [0.3, 0.4) is 0 Å². The second-order valence-electron chi connectivity index (χ2n) is 3.86. The topological polar surface area (TPSA) is 78.7 Å². The Kier molecular flexibility index (Phi) is 5.09. The van der Waals surface area contributed by atoms with Gasteiger partial charge in [0, 0.05) is 12.1 Å². The third-order valence-electron chi connectivity index (χ3n) is 2.37. The van der Waals surface area contributed by atoms with E-state index in [1.807, 2.05) is 13.0 Å². The van der Waals surface area contributed by atoms with Crippen LogP contribution in [0.15, 0.2) is 28.6 Å². The minimum absolute atomic E-state index is 0.127. The Morgan fingerprint density at radius 2 is 2.40 bits per heavy atom. The van der Waals surface area contributed by atoms with Gasteiger partial charge in [0.2, 0.25) is 5.91 Å². The molecule has 1 aromatic carbocycles. The fourth-order valence-electron chi connectivity index (χ4n) is 1.43. The van der Waals surface area contributed by atoms with Crippen LogP contribution in [-0.2, 0) is 11.2 Å². The van der Waals surface area contributed by atoms with Gasteiger partial charge in [0.15, 0.2) is 4.34 Å². The SMILES string of the molecule is CCc1nsc(SCC(=O)Nc2cccc(C#N)c2)n1. The van der Waals surface area contributed by atoms with Crippen molar-refractivity contribution in [3.63, 3.8) is 0 Å². The summed E-state index contributed by atoms with van der Waals surface area (Å²) < 4.78 is 4.96. The van der Waals surface area contributed by atoms with E-state index in [0.29, 0.717) is 11.3 Å². The molecule has 0 saturated heterocycles. The molecule has 0 aliphatic rings. The third-order valence-corrected chi connectivity index (χ3v) is 4.24. The van der Waals surface area contributed by atoms with Gasteiger partial charge in [-0.3, -0.25) is 4.79 Å². The lowest BCUT2D eigenvalue weighted by Gasteiger charge is -2.04. The number of rotatable bonds is 5. The zero-order valence-corrected chi connectivity index (χ0v) is 12.4. The van der Waals surface area contributed by atoms with Gasteiger partial charge in [-0.25, -0.2) is 4.98 Å². The van der Waals surface area contributed by atoms with Crippen LogP contribution in [0.5, 0.6) is 0 Å². The normalized spacial score (nSPS) is 10.0. The Morgan fingerprint density at radius 1 is 1.55 bits per heavy atom. The molecule has 0 aliphatic heterocycles. The first-order valence-electron chi connectivity index (χ1n) is 5.96. The van der Waals surface area contributed by atoms with Crippen molar-refractivity contribution in [2.45, 2.75) is 17.7 Å². The standard InChI is InChI=1S/C13H12N4OS2/c1-2-11-16-13(20-17-11)19-8-12(18)15-10-5-3-4-9(6-10)7-14/h3-6H,2,8H2,1H3,(H,15,18). The smallest absolute Gasteiger partial charge is 0.234 e. The summed E-state index contributed by atoms with van der Waals surface area (Å²) in [6.07, 6.45) is 0.796. The van der Waals surface area contributed by atoms with Crippen molar-refractivity contribution in [1.29, 1.82) is 5.26 Å². The molecule has 0 aliphatic carbocycles. The number of carbonyl (C=O) groups excluding carboxylic acids is 1. The quantitative estimate of drug-likeness (QED) is 0.859. The van der Waals surface area contributed by atoms with Crippen LogP contribution >= 0.6 is 23.3 Å². The Balaban J connectivity index is 1.87. The number of benzene rings is 1. The van der Waals surface area contributed by atoms with Crippen molar-refractivity contribution in [2.75, 3.05) is 11.1 Å². The molecular formula is C13H12N4OS2. The number of nitriles is 1. The van der Waals surface area contributed by atoms with Crippen molar-refractivity contribution >= 4 is 34.9 Å². The van der Waals surface area contributed by atoms with Crippen LogP contribution < -0.4 is 5.32 Å². The van der Waals surface area contributed by atoms with E-state index in [4.69, 9.17) is 5.26 Å². The Morgan fingerprint density at radius 3 is 3.10 bits per heavy atom. The highest BCUT2D eigenvalue weighted by Crippen LogP contribution is 2.20. The first kappa shape index (κ1) is 14.5. The molecule has 2 rings (SSSR count). The molecule has 0 spiro atoms. The van der Waals surface area contributed by atoms with Gasteiger partial charge in [-0.15, -0.1) is 0 Å². The average molecular weight is 304 g/mol.